The number of aromatic nitrogens is 2. The lowest BCUT2D eigenvalue weighted by Crippen LogP contribution is -2.33. The fraction of sp³-hybridized carbons (Fsp3) is 0.190. The third kappa shape index (κ3) is 5.47. The molecule has 0 saturated heterocycles. The molecule has 0 aliphatic rings. The van der Waals surface area contributed by atoms with E-state index in [1.807, 2.05) is 30.3 Å². The summed E-state index contributed by atoms with van der Waals surface area (Å²) in [5.41, 5.74) is 2.61. The van der Waals surface area contributed by atoms with E-state index in [9.17, 15) is 22.8 Å². The Morgan fingerprint density at radius 1 is 1.00 bits per heavy atom. The SMILES string of the molecule is Cc1c(C(=O)Nc2ccc(C(=O)NCC(F)(F)F)cc2)cnn1Cc1ccccc1. The largest absolute Gasteiger partial charge is 0.405 e. The molecule has 1 heterocycles. The Hall–Kier alpha value is -3.62. The molecular formula is C21H19F3N4O2. The van der Waals surface area contributed by atoms with Crippen LogP contribution in [0.5, 0.6) is 0 Å². The predicted molar refractivity (Wildman–Crippen MR) is 105 cm³/mol. The summed E-state index contributed by atoms with van der Waals surface area (Å²) in [6.07, 6.45) is -3.00. The van der Waals surface area contributed by atoms with Gasteiger partial charge in [-0.1, -0.05) is 30.3 Å². The molecule has 0 bridgehead atoms. The number of carbonyl (C=O) groups excluding carboxylic acids is 2. The maximum atomic E-state index is 12.6. The average molecular weight is 416 g/mol. The summed E-state index contributed by atoms with van der Waals surface area (Å²) in [7, 11) is 0. The number of alkyl halides is 3. The highest BCUT2D eigenvalue weighted by Gasteiger charge is 2.27. The second-order valence-electron chi connectivity index (χ2n) is 6.62. The Bertz CT molecular complexity index is 1030. The zero-order valence-electron chi connectivity index (χ0n) is 16.0. The van der Waals surface area contributed by atoms with Crippen LogP contribution in [0.15, 0.2) is 60.8 Å². The first-order valence-electron chi connectivity index (χ1n) is 9.05. The molecule has 3 rings (SSSR count). The molecule has 1 aromatic heterocycles. The number of carbonyl (C=O) groups is 2. The molecule has 0 fully saturated rings. The van der Waals surface area contributed by atoms with E-state index in [0.29, 0.717) is 23.5 Å². The van der Waals surface area contributed by atoms with E-state index in [0.717, 1.165) is 5.56 Å². The summed E-state index contributed by atoms with van der Waals surface area (Å²) < 4.78 is 38.3. The van der Waals surface area contributed by atoms with E-state index in [2.05, 4.69) is 10.4 Å². The van der Waals surface area contributed by atoms with Crippen molar-refractivity contribution in [2.75, 3.05) is 11.9 Å². The summed E-state index contributed by atoms with van der Waals surface area (Å²) in [5.74, 6) is -1.22. The van der Waals surface area contributed by atoms with Crippen molar-refractivity contribution < 1.29 is 22.8 Å². The van der Waals surface area contributed by atoms with Crippen LogP contribution in [0.2, 0.25) is 0 Å². The van der Waals surface area contributed by atoms with Gasteiger partial charge in [0.05, 0.1) is 18.3 Å². The molecule has 0 radical (unpaired) electrons. The molecule has 30 heavy (non-hydrogen) atoms. The van der Waals surface area contributed by atoms with E-state index < -0.39 is 18.6 Å². The highest BCUT2D eigenvalue weighted by Crippen LogP contribution is 2.16. The zero-order chi connectivity index (χ0) is 21.7. The van der Waals surface area contributed by atoms with Crippen LogP contribution < -0.4 is 10.6 Å². The second kappa shape index (κ2) is 8.81. The molecule has 0 spiro atoms. The summed E-state index contributed by atoms with van der Waals surface area (Å²) in [5, 5.41) is 8.75. The molecule has 0 unspecified atom stereocenters. The lowest BCUT2D eigenvalue weighted by molar-refractivity contribution is -0.123. The number of anilines is 1. The Morgan fingerprint density at radius 3 is 2.30 bits per heavy atom. The topological polar surface area (TPSA) is 76.0 Å². The van der Waals surface area contributed by atoms with Gasteiger partial charge in [0.25, 0.3) is 11.8 Å². The molecule has 3 aromatic rings. The lowest BCUT2D eigenvalue weighted by atomic mass is 10.1. The quantitative estimate of drug-likeness (QED) is 0.642. The molecule has 2 N–H and O–H groups in total. The highest BCUT2D eigenvalue weighted by atomic mass is 19.4. The normalized spacial score (nSPS) is 11.2. The van der Waals surface area contributed by atoms with Crippen LogP contribution in [-0.2, 0) is 6.54 Å². The van der Waals surface area contributed by atoms with Crippen molar-refractivity contribution in [2.45, 2.75) is 19.6 Å². The van der Waals surface area contributed by atoms with E-state index in [1.54, 1.807) is 16.9 Å². The van der Waals surface area contributed by atoms with Gasteiger partial charge >= 0.3 is 6.18 Å². The minimum absolute atomic E-state index is 0.0594. The smallest absolute Gasteiger partial charge is 0.343 e. The number of rotatable bonds is 6. The zero-order valence-corrected chi connectivity index (χ0v) is 16.0. The summed E-state index contributed by atoms with van der Waals surface area (Å²) in [6, 6.07) is 15.3. The molecule has 2 amide bonds. The standard InChI is InChI=1S/C21H19F3N4O2/c1-14-18(11-26-28(14)12-15-5-3-2-4-6-15)20(30)27-17-9-7-16(8-10-17)19(29)25-13-21(22,23)24/h2-11H,12-13H2,1H3,(H,25,29)(H,27,30). The van der Waals surface area contributed by atoms with Gasteiger partial charge in [-0.25, -0.2) is 0 Å². The Kier molecular flexibility index (Phi) is 6.20. The number of hydrogen-bond donors (Lipinski definition) is 2. The van der Waals surface area contributed by atoms with E-state index in [1.165, 1.54) is 30.5 Å². The molecule has 0 saturated carbocycles. The number of nitrogens with zero attached hydrogens (tertiary/aromatic N) is 2. The Labute approximate surface area is 170 Å². The predicted octanol–water partition coefficient (Wildman–Crippen LogP) is 3.78. The fourth-order valence-corrected chi connectivity index (χ4v) is 2.77. The molecular weight excluding hydrogens is 397 g/mol. The number of hydrogen-bond acceptors (Lipinski definition) is 3. The number of amides is 2. The van der Waals surface area contributed by atoms with Crippen molar-refractivity contribution in [2.24, 2.45) is 0 Å². The molecule has 156 valence electrons. The van der Waals surface area contributed by atoms with Gasteiger partial charge in [0.15, 0.2) is 0 Å². The summed E-state index contributed by atoms with van der Waals surface area (Å²) in [6.45, 7) is 0.914. The third-order valence-electron chi connectivity index (χ3n) is 4.38. The van der Waals surface area contributed by atoms with Gasteiger partial charge in [-0.05, 0) is 36.8 Å². The van der Waals surface area contributed by atoms with Crippen molar-refractivity contribution in [3.63, 3.8) is 0 Å². The van der Waals surface area contributed by atoms with Crippen molar-refractivity contribution >= 4 is 17.5 Å². The molecule has 0 aliphatic heterocycles. The number of nitrogens with one attached hydrogen (secondary N) is 2. The van der Waals surface area contributed by atoms with Crippen molar-refractivity contribution in [1.82, 2.24) is 15.1 Å². The van der Waals surface area contributed by atoms with Crippen LogP contribution in [0.25, 0.3) is 0 Å². The van der Waals surface area contributed by atoms with E-state index in [4.69, 9.17) is 0 Å². The fourth-order valence-electron chi connectivity index (χ4n) is 2.77. The Balaban J connectivity index is 1.63. The maximum absolute atomic E-state index is 12.6. The second-order valence-corrected chi connectivity index (χ2v) is 6.62. The van der Waals surface area contributed by atoms with Crippen LogP contribution in [0, 0.1) is 6.92 Å². The van der Waals surface area contributed by atoms with Gasteiger partial charge < -0.3 is 10.6 Å². The van der Waals surface area contributed by atoms with E-state index >= 15 is 0 Å². The lowest BCUT2D eigenvalue weighted by Gasteiger charge is -2.09. The van der Waals surface area contributed by atoms with Crippen LogP contribution in [0.1, 0.15) is 32.0 Å². The van der Waals surface area contributed by atoms with Crippen LogP contribution in [0.3, 0.4) is 0 Å². The van der Waals surface area contributed by atoms with Crippen LogP contribution in [-0.4, -0.2) is 34.3 Å². The van der Waals surface area contributed by atoms with Gasteiger partial charge in [-0.2, -0.15) is 18.3 Å². The van der Waals surface area contributed by atoms with Gasteiger partial charge in [0.1, 0.15) is 6.54 Å². The average Bonchev–Trinajstić information content (AvgIpc) is 3.07. The third-order valence-corrected chi connectivity index (χ3v) is 4.38. The monoisotopic (exact) mass is 416 g/mol. The molecule has 6 nitrogen and oxygen atoms in total. The summed E-state index contributed by atoms with van der Waals surface area (Å²) in [4.78, 5) is 24.3. The van der Waals surface area contributed by atoms with Crippen molar-refractivity contribution in [3.05, 3.63) is 83.2 Å². The minimum Gasteiger partial charge on any atom is -0.343 e. The first-order chi connectivity index (χ1) is 14.2. The van der Waals surface area contributed by atoms with Crippen LogP contribution >= 0.6 is 0 Å². The number of halogens is 3. The first kappa shape index (κ1) is 21.1. The molecule has 2 aromatic carbocycles. The first-order valence-corrected chi connectivity index (χ1v) is 9.05. The highest BCUT2D eigenvalue weighted by molar-refractivity contribution is 6.05. The van der Waals surface area contributed by atoms with Gasteiger partial charge in [0.2, 0.25) is 0 Å². The minimum atomic E-state index is -4.48. The maximum Gasteiger partial charge on any atom is 0.405 e. The van der Waals surface area contributed by atoms with Gasteiger partial charge in [0, 0.05) is 16.9 Å². The molecule has 0 aliphatic carbocycles. The van der Waals surface area contributed by atoms with Crippen molar-refractivity contribution in [1.29, 1.82) is 0 Å². The molecule has 9 heteroatoms. The summed E-state index contributed by atoms with van der Waals surface area (Å²) >= 11 is 0. The molecule has 0 atom stereocenters. The van der Waals surface area contributed by atoms with E-state index in [-0.39, 0.29) is 11.5 Å². The Morgan fingerprint density at radius 2 is 1.67 bits per heavy atom. The van der Waals surface area contributed by atoms with Crippen molar-refractivity contribution in [3.8, 4) is 0 Å². The van der Waals surface area contributed by atoms with Crippen LogP contribution in [0.4, 0.5) is 18.9 Å². The van der Waals surface area contributed by atoms with Gasteiger partial charge in [-0.15, -0.1) is 0 Å². The number of benzene rings is 2. The van der Waals surface area contributed by atoms with Gasteiger partial charge in [-0.3, -0.25) is 14.3 Å².